The highest BCUT2D eigenvalue weighted by atomic mass is 16.2. The van der Waals surface area contributed by atoms with Crippen molar-refractivity contribution < 1.29 is 0 Å². The van der Waals surface area contributed by atoms with Crippen LogP contribution >= 0.6 is 0 Å². The number of para-hydroxylation sites is 1. The monoisotopic (exact) mass is 439 g/mol. The zero-order valence-electron chi connectivity index (χ0n) is 18.1. The molecule has 3 heterocycles. The third-order valence-corrected chi connectivity index (χ3v) is 5.58. The number of imidazole rings is 1. The molecule has 0 amide bonds. The van der Waals surface area contributed by atoms with E-state index in [1.54, 1.807) is 24.0 Å². The van der Waals surface area contributed by atoms with Crippen molar-refractivity contribution in [2.45, 2.75) is 6.54 Å². The van der Waals surface area contributed by atoms with Crippen molar-refractivity contribution in [3.8, 4) is 0 Å². The van der Waals surface area contributed by atoms with Crippen LogP contribution in [0, 0.1) is 0 Å². The van der Waals surface area contributed by atoms with E-state index in [4.69, 9.17) is 0 Å². The van der Waals surface area contributed by atoms with Gasteiger partial charge in [0.05, 0.1) is 18.3 Å². The van der Waals surface area contributed by atoms with Gasteiger partial charge in [-0.3, -0.25) is 23.5 Å². The molecule has 9 nitrogen and oxygen atoms in total. The summed E-state index contributed by atoms with van der Waals surface area (Å²) in [7, 11) is 3.06. The van der Waals surface area contributed by atoms with Crippen LogP contribution in [-0.4, -0.2) is 29.9 Å². The number of pyridine rings is 1. The van der Waals surface area contributed by atoms with Gasteiger partial charge in [0.1, 0.15) is 0 Å². The van der Waals surface area contributed by atoms with E-state index in [9.17, 15) is 9.59 Å². The van der Waals surface area contributed by atoms with Gasteiger partial charge in [-0.2, -0.15) is 10.1 Å². The summed E-state index contributed by atoms with van der Waals surface area (Å²) in [6, 6.07) is 19.4. The fourth-order valence-corrected chi connectivity index (χ4v) is 3.84. The Labute approximate surface area is 188 Å². The van der Waals surface area contributed by atoms with E-state index in [0.717, 1.165) is 26.6 Å². The van der Waals surface area contributed by atoms with Gasteiger partial charge in [-0.1, -0.05) is 48.5 Å². The van der Waals surface area contributed by atoms with Gasteiger partial charge in [0.15, 0.2) is 11.2 Å². The van der Waals surface area contributed by atoms with Gasteiger partial charge in [0.25, 0.3) is 5.56 Å². The standard InChI is InChI=1S/C24H21N7O2/c1-29-21-20(22(32)30(2)24(29)33)31(15-16-8-4-3-5-9-16)23(27-21)28-26-14-17-12-13-25-19-11-7-6-10-18(17)19/h3-14H,15H2,1-2H3,(H,27,28)/b26-14-. The highest BCUT2D eigenvalue weighted by Crippen LogP contribution is 2.19. The third-order valence-electron chi connectivity index (χ3n) is 5.58. The normalized spacial score (nSPS) is 11.6. The summed E-state index contributed by atoms with van der Waals surface area (Å²) in [6.45, 7) is 0.390. The Morgan fingerprint density at radius 3 is 2.55 bits per heavy atom. The Balaban J connectivity index is 1.61. The van der Waals surface area contributed by atoms with E-state index in [0.29, 0.717) is 23.7 Å². The first-order valence-electron chi connectivity index (χ1n) is 10.4. The maximum Gasteiger partial charge on any atom is 0.332 e. The smallest absolute Gasteiger partial charge is 0.298 e. The van der Waals surface area contributed by atoms with Crippen molar-refractivity contribution >= 4 is 34.2 Å². The largest absolute Gasteiger partial charge is 0.332 e. The quantitative estimate of drug-likeness (QED) is 0.335. The van der Waals surface area contributed by atoms with Gasteiger partial charge in [0.2, 0.25) is 5.95 Å². The number of nitrogens with zero attached hydrogens (tertiary/aromatic N) is 6. The highest BCUT2D eigenvalue weighted by Gasteiger charge is 2.19. The summed E-state index contributed by atoms with van der Waals surface area (Å²) >= 11 is 0. The lowest BCUT2D eigenvalue weighted by Crippen LogP contribution is -2.37. The van der Waals surface area contributed by atoms with Crippen molar-refractivity contribution in [3.05, 3.63) is 98.8 Å². The number of hydrogen-bond acceptors (Lipinski definition) is 6. The number of hydrogen-bond donors (Lipinski definition) is 1. The molecule has 9 heteroatoms. The molecule has 33 heavy (non-hydrogen) atoms. The molecule has 1 N–H and O–H groups in total. The molecular formula is C24H21N7O2. The Kier molecular flexibility index (Phi) is 5.06. The predicted octanol–water partition coefficient (Wildman–Crippen LogP) is 2.48. The second-order valence-electron chi connectivity index (χ2n) is 7.67. The Bertz CT molecular complexity index is 1620. The molecule has 0 saturated carbocycles. The van der Waals surface area contributed by atoms with E-state index < -0.39 is 11.2 Å². The molecule has 0 saturated heterocycles. The van der Waals surface area contributed by atoms with Gasteiger partial charge in [-0.25, -0.2) is 10.2 Å². The van der Waals surface area contributed by atoms with Crippen LogP contribution in [0.25, 0.3) is 22.1 Å². The van der Waals surface area contributed by atoms with Crippen LogP contribution < -0.4 is 16.7 Å². The SMILES string of the molecule is Cn1c(=O)c2c(nc(N/N=C\c3ccnc4ccccc34)n2Cc2ccccc2)n(C)c1=O. The van der Waals surface area contributed by atoms with Crippen LogP contribution in [0.3, 0.4) is 0 Å². The molecule has 0 aliphatic heterocycles. The van der Waals surface area contributed by atoms with Crippen molar-refractivity contribution in [1.82, 2.24) is 23.7 Å². The van der Waals surface area contributed by atoms with Crippen molar-refractivity contribution in [3.63, 3.8) is 0 Å². The number of hydrazone groups is 1. The summed E-state index contributed by atoms with van der Waals surface area (Å²) < 4.78 is 4.19. The summed E-state index contributed by atoms with van der Waals surface area (Å²) in [4.78, 5) is 34.3. The lowest BCUT2D eigenvalue weighted by atomic mass is 10.1. The maximum absolute atomic E-state index is 13.0. The van der Waals surface area contributed by atoms with Crippen LogP contribution in [-0.2, 0) is 20.6 Å². The fraction of sp³-hybridized carbons (Fsp3) is 0.125. The number of rotatable bonds is 5. The Morgan fingerprint density at radius 1 is 0.970 bits per heavy atom. The zero-order valence-corrected chi connectivity index (χ0v) is 18.1. The van der Waals surface area contributed by atoms with Gasteiger partial charge in [-0.05, 0) is 17.7 Å². The summed E-state index contributed by atoms with van der Waals surface area (Å²) in [6.07, 6.45) is 3.42. The van der Waals surface area contributed by atoms with E-state index >= 15 is 0 Å². The van der Waals surface area contributed by atoms with Crippen LogP contribution in [0.4, 0.5) is 5.95 Å². The molecule has 2 aromatic carbocycles. The molecular weight excluding hydrogens is 418 g/mol. The van der Waals surface area contributed by atoms with Gasteiger partial charge < -0.3 is 0 Å². The molecule has 0 radical (unpaired) electrons. The second-order valence-corrected chi connectivity index (χ2v) is 7.67. The molecule has 164 valence electrons. The fourth-order valence-electron chi connectivity index (χ4n) is 3.84. The van der Waals surface area contributed by atoms with E-state index in [1.807, 2.05) is 60.7 Å². The molecule has 5 rings (SSSR count). The van der Waals surface area contributed by atoms with Gasteiger partial charge in [-0.15, -0.1) is 0 Å². The average molecular weight is 439 g/mol. The summed E-state index contributed by atoms with van der Waals surface area (Å²) in [5.74, 6) is 0.363. The van der Waals surface area contributed by atoms with Crippen molar-refractivity contribution in [2.75, 3.05) is 5.43 Å². The van der Waals surface area contributed by atoms with Crippen molar-refractivity contribution in [1.29, 1.82) is 0 Å². The van der Waals surface area contributed by atoms with E-state index in [2.05, 4.69) is 20.5 Å². The Hall–Kier alpha value is -4.53. The number of anilines is 1. The molecule has 0 spiro atoms. The maximum atomic E-state index is 13.0. The molecule has 5 aromatic rings. The molecule has 0 aliphatic carbocycles. The molecule has 0 unspecified atom stereocenters. The second kappa shape index (κ2) is 8.19. The average Bonchev–Trinajstić information content (AvgIpc) is 3.20. The minimum atomic E-state index is -0.435. The van der Waals surface area contributed by atoms with Crippen LogP contribution in [0.5, 0.6) is 0 Å². The number of aromatic nitrogens is 5. The van der Waals surface area contributed by atoms with Crippen molar-refractivity contribution in [2.24, 2.45) is 19.2 Å². The highest BCUT2D eigenvalue weighted by molar-refractivity contribution is 5.98. The minimum Gasteiger partial charge on any atom is -0.298 e. The first kappa shape index (κ1) is 20.4. The molecule has 0 atom stereocenters. The summed E-state index contributed by atoms with van der Waals surface area (Å²) in [5.41, 5.74) is 5.50. The van der Waals surface area contributed by atoms with E-state index in [1.165, 1.54) is 11.6 Å². The number of aryl methyl sites for hydroxylation is 1. The molecule has 3 aromatic heterocycles. The number of benzene rings is 2. The third kappa shape index (κ3) is 3.59. The lowest BCUT2D eigenvalue weighted by molar-refractivity contribution is 0.702. The molecule has 0 bridgehead atoms. The van der Waals surface area contributed by atoms with Gasteiger partial charge >= 0.3 is 5.69 Å². The lowest BCUT2D eigenvalue weighted by Gasteiger charge is -2.09. The van der Waals surface area contributed by atoms with Crippen LogP contribution in [0.1, 0.15) is 11.1 Å². The number of fused-ring (bicyclic) bond motifs is 2. The van der Waals surface area contributed by atoms with Crippen LogP contribution in [0.2, 0.25) is 0 Å². The minimum absolute atomic E-state index is 0.297. The van der Waals surface area contributed by atoms with Gasteiger partial charge in [0, 0.05) is 31.2 Å². The topological polar surface area (TPSA) is 99.1 Å². The summed E-state index contributed by atoms with van der Waals surface area (Å²) in [5, 5.41) is 5.35. The zero-order chi connectivity index (χ0) is 22.9. The first-order valence-corrected chi connectivity index (χ1v) is 10.4. The number of nitrogens with one attached hydrogen (secondary N) is 1. The Morgan fingerprint density at radius 2 is 1.73 bits per heavy atom. The predicted molar refractivity (Wildman–Crippen MR) is 129 cm³/mol. The van der Waals surface area contributed by atoms with Crippen LogP contribution in [0.15, 0.2) is 81.6 Å². The van der Waals surface area contributed by atoms with E-state index in [-0.39, 0.29) is 0 Å². The molecule has 0 aliphatic rings. The molecule has 0 fully saturated rings. The first-order chi connectivity index (χ1) is 16.0.